The smallest absolute Gasteiger partial charge is 0.410 e. The van der Waals surface area contributed by atoms with Crippen LogP contribution in [0.5, 0.6) is 0 Å². The number of rotatable bonds is 3. The Morgan fingerprint density at radius 3 is 2.86 bits per heavy atom. The number of carbonyl (C=O) groups is 1. The molecule has 0 saturated carbocycles. The Morgan fingerprint density at radius 2 is 2.24 bits per heavy atom. The van der Waals surface area contributed by atoms with Gasteiger partial charge in [-0.1, -0.05) is 6.07 Å². The fourth-order valence-corrected chi connectivity index (χ4v) is 2.20. The van der Waals surface area contributed by atoms with Crippen molar-refractivity contribution in [1.82, 2.24) is 15.2 Å². The Balaban J connectivity index is 1.85. The highest BCUT2D eigenvalue weighted by molar-refractivity contribution is 5.68. The van der Waals surface area contributed by atoms with Gasteiger partial charge in [0.05, 0.1) is 24.4 Å². The van der Waals surface area contributed by atoms with Gasteiger partial charge in [-0.2, -0.15) is 0 Å². The Labute approximate surface area is 125 Å². The van der Waals surface area contributed by atoms with Gasteiger partial charge in [-0.25, -0.2) is 4.79 Å². The molecule has 1 fully saturated rings. The molecule has 1 aliphatic heterocycles. The topological polar surface area (TPSA) is 74.7 Å². The first-order valence-corrected chi connectivity index (χ1v) is 7.14. The summed E-state index contributed by atoms with van der Waals surface area (Å²) in [4.78, 5) is 17.7. The predicted octanol–water partition coefficient (Wildman–Crippen LogP) is 1.15. The summed E-state index contributed by atoms with van der Waals surface area (Å²) in [6, 6.07) is 5.53. The van der Waals surface area contributed by atoms with E-state index >= 15 is 0 Å². The first kappa shape index (κ1) is 15.7. The quantitative estimate of drug-likeness (QED) is 0.874. The third-order valence-electron chi connectivity index (χ3n) is 3.21. The molecular formula is C15H23N3O3. The van der Waals surface area contributed by atoms with E-state index in [1.807, 2.05) is 39.0 Å². The molecule has 0 unspecified atom stereocenters. The number of β-amino-alcohol motifs (C(OH)–C–C–N with tert-alkyl or cyclic N) is 1. The van der Waals surface area contributed by atoms with Crippen LogP contribution in [0, 0.1) is 0 Å². The van der Waals surface area contributed by atoms with E-state index in [4.69, 9.17) is 4.74 Å². The molecule has 2 atom stereocenters. The number of likely N-dealkylation sites (tertiary alicyclic amines) is 1. The van der Waals surface area contributed by atoms with Gasteiger partial charge in [0.2, 0.25) is 0 Å². The van der Waals surface area contributed by atoms with E-state index < -0.39 is 11.7 Å². The summed E-state index contributed by atoms with van der Waals surface area (Å²) >= 11 is 0. The lowest BCUT2D eigenvalue weighted by Gasteiger charge is -2.24. The molecule has 0 aliphatic carbocycles. The van der Waals surface area contributed by atoms with Crippen LogP contribution >= 0.6 is 0 Å². The lowest BCUT2D eigenvalue weighted by Crippen LogP contribution is -2.39. The van der Waals surface area contributed by atoms with Gasteiger partial charge in [-0.3, -0.25) is 4.98 Å². The van der Waals surface area contributed by atoms with E-state index in [2.05, 4.69) is 10.3 Å². The maximum Gasteiger partial charge on any atom is 0.410 e. The first-order valence-electron chi connectivity index (χ1n) is 7.14. The maximum absolute atomic E-state index is 12.0. The second-order valence-electron chi connectivity index (χ2n) is 6.26. The molecule has 6 heteroatoms. The number of aromatic nitrogens is 1. The average Bonchev–Trinajstić information content (AvgIpc) is 2.77. The Morgan fingerprint density at radius 1 is 1.48 bits per heavy atom. The van der Waals surface area contributed by atoms with Gasteiger partial charge in [-0.15, -0.1) is 0 Å². The summed E-state index contributed by atoms with van der Waals surface area (Å²) in [6.07, 6.45) is 0.750. The van der Waals surface area contributed by atoms with Crippen molar-refractivity contribution in [3.63, 3.8) is 0 Å². The number of aliphatic hydroxyl groups excluding tert-OH is 1. The summed E-state index contributed by atoms with van der Waals surface area (Å²) in [5.41, 5.74) is 0.377. The summed E-state index contributed by atoms with van der Waals surface area (Å²) < 4.78 is 5.32. The highest BCUT2D eigenvalue weighted by atomic mass is 16.6. The molecular weight excluding hydrogens is 270 g/mol. The summed E-state index contributed by atoms with van der Waals surface area (Å²) in [6.45, 7) is 6.76. The molecule has 1 aliphatic rings. The molecule has 0 spiro atoms. The Hall–Kier alpha value is -1.66. The van der Waals surface area contributed by atoms with Gasteiger partial charge in [0.25, 0.3) is 0 Å². The van der Waals surface area contributed by atoms with E-state index in [-0.39, 0.29) is 18.7 Å². The monoisotopic (exact) mass is 293 g/mol. The molecule has 6 nitrogen and oxygen atoms in total. The van der Waals surface area contributed by atoms with Crippen molar-refractivity contribution in [3.05, 3.63) is 30.1 Å². The number of nitrogens with one attached hydrogen (secondary N) is 1. The van der Waals surface area contributed by atoms with Gasteiger partial charge < -0.3 is 20.1 Å². The number of carbonyl (C=O) groups excluding carboxylic acids is 1. The van der Waals surface area contributed by atoms with Crippen LogP contribution in [0.15, 0.2) is 24.4 Å². The van der Waals surface area contributed by atoms with E-state index in [1.165, 1.54) is 4.90 Å². The van der Waals surface area contributed by atoms with Gasteiger partial charge in [0.1, 0.15) is 5.60 Å². The number of pyridine rings is 1. The fraction of sp³-hybridized carbons (Fsp3) is 0.600. The van der Waals surface area contributed by atoms with Crippen molar-refractivity contribution in [1.29, 1.82) is 0 Å². The Kier molecular flexibility index (Phi) is 4.80. The zero-order chi connectivity index (χ0) is 15.5. The van der Waals surface area contributed by atoms with Crippen LogP contribution in [-0.4, -0.2) is 51.9 Å². The average molecular weight is 293 g/mol. The highest BCUT2D eigenvalue weighted by Gasteiger charge is 2.35. The molecule has 2 rings (SSSR count). The van der Waals surface area contributed by atoms with Crippen LogP contribution in [0.2, 0.25) is 0 Å². The second-order valence-corrected chi connectivity index (χ2v) is 6.26. The summed E-state index contributed by atoms with van der Waals surface area (Å²) in [7, 11) is 0. The molecule has 2 N–H and O–H groups in total. The number of hydrogen-bond donors (Lipinski definition) is 2. The van der Waals surface area contributed by atoms with E-state index in [0.717, 1.165) is 5.69 Å². The first-order chi connectivity index (χ1) is 9.85. The van der Waals surface area contributed by atoms with Crippen LogP contribution in [0.1, 0.15) is 26.5 Å². The molecule has 1 aromatic rings. The second kappa shape index (κ2) is 6.41. The number of nitrogens with zero attached hydrogens (tertiary/aromatic N) is 2. The van der Waals surface area contributed by atoms with Gasteiger partial charge in [0, 0.05) is 19.3 Å². The van der Waals surface area contributed by atoms with Crippen molar-refractivity contribution in [2.24, 2.45) is 0 Å². The van der Waals surface area contributed by atoms with Crippen molar-refractivity contribution >= 4 is 6.09 Å². The summed E-state index contributed by atoms with van der Waals surface area (Å²) in [5.74, 6) is 0. The van der Waals surface area contributed by atoms with Crippen LogP contribution < -0.4 is 5.32 Å². The largest absolute Gasteiger partial charge is 0.444 e. The molecule has 0 aromatic carbocycles. The van der Waals surface area contributed by atoms with Crippen LogP contribution in [-0.2, 0) is 11.3 Å². The minimum absolute atomic E-state index is 0.167. The van der Waals surface area contributed by atoms with E-state index in [0.29, 0.717) is 13.1 Å². The van der Waals surface area contributed by atoms with E-state index in [1.54, 1.807) is 6.20 Å². The fourth-order valence-electron chi connectivity index (χ4n) is 2.20. The van der Waals surface area contributed by atoms with Gasteiger partial charge in [0.15, 0.2) is 0 Å². The number of hydrogen-bond acceptors (Lipinski definition) is 5. The molecule has 1 aromatic heterocycles. The van der Waals surface area contributed by atoms with Gasteiger partial charge >= 0.3 is 6.09 Å². The van der Waals surface area contributed by atoms with Crippen LogP contribution in [0.4, 0.5) is 4.79 Å². The minimum atomic E-state index is -0.596. The molecule has 2 heterocycles. The molecule has 1 amide bonds. The van der Waals surface area contributed by atoms with Crippen molar-refractivity contribution in [2.75, 3.05) is 13.1 Å². The standard InChI is InChI=1S/C15H23N3O3/c1-15(2,3)21-14(20)18-9-12(13(19)10-18)17-8-11-6-4-5-7-16-11/h4-7,12-13,17,19H,8-10H2,1-3H3/t12-,13-/m1/s1. The Bertz CT molecular complexity index is 473. The van der Waals surface area contributed by atoms with E-state index in [9.17, 15) is 9.90 Å². The lowest BCUT2D eigenvalue weighted by atomic mass is 10.2. The molecule has 0 radical (unpaired) electrons. The SMILES string of the molecule is CC(C)(C)OC(=O)N1C[C@@H](O)[C@H](NCc2ccccn2)C1. The molecule has 1 saturated heterocycles. The lowest BCUT2D eigenvalue weighted by molar-refractivity contribution is 0.0270. The van der Waals surface area contributed by atoms with Crippen molar-refractivity contribution in [2.45, 2.75) is 45.1 Å². The molecule has 0 bridgehead atoms. The van der Waals surface area contributed by atoms with Crippen LogP contribution in [0.25, 0.3) is 0 Å². The predicted molar refractivity (Wildman–Crippen MR) is 78.7 cm³/mol. The number of amides is 1. The number of ether oxygens (including phenoxy) is 1. The zero-order valence-electron chi connectivity index (χ0n) is 12.7. The maximum atomic E-state index is 12.0. The van der Waals surface area contributed by atoms with Crippen molar-refractivity contribution < 1.29 is 14.6 Å². The van der Waals surface area contributed by atoms with Crippen molar-refractivity contribution in [3.8, 4) is 0 Å². The highest BCUT2D eigenvalue weighted by Crippen LogP contribution is 2.16. The minimum Gasteiger partial charge on any atom is -0.444 e. The van der Waals surface area contributed by atoms with Gasteiger partial charge in [-0.05, 0) is 32.9 Å². The number of aliphatic hydroxyl groups is 1. The van der Waals surface area contributed by atoms with Crippen LogP contribution in [0.3, 0.4) is 0 Å². The molecule has 116 valence electrons. The zero-order valence-corrected chi connectivity index (χ0v) is 12.7. The third-order valence-corrected chi connectivity index (χ3v) is 3.21. The normalized spacial score (nSPS) is 22.4. The third kappa shape index (κ3) is 4.68. The summed E-state index contributed by atoms with van der Waals surface area (Å²) in [5, 5.41) is 13.3. The molecule has 21 heavy (non-hydrogen) atoms.